The lowest BCUT2D eigenvalue weighted by atomic mass is 9.95. The minimum atomic E-state index is 0.242. The number of furan rings is 1. The van der Waals surface area contributed by atoms with Crippen molar-refractivity contribution in [3.63, 3.8) is 0 Å². The van der Waals surface area contributed by atoms with E-state index in [0.717, 1.165) is 38.2 Å². The first-order valence-corrected chi connectivity index (χ1v) is 8.25. The molecular weight excluding hydrogens is 274 g/mol. The summed E-state index contributed by atoms with van der Waals surface area (Å²) in [6, 6.07) is 15.1. The Kier molecular flexibility index (Phi) is 5.30. The summed E-state index contributed by atoms with van der Waals surface area (Å²) in [7, 11) is 0. The van der Waals surface area contributed by atoms with Gasteiger partial charge in [0.2, 0.25) is 0 Å². The third-order valence-electron chi connectivity index (χ3n) is 4.47. The highest BCUT2D eigenvalue weighted by Crippen LogP contribution is 2.33. The number of hydrogen-bond acceptors (Lipinski definition) is 3. The van der Waals surface area contributed by atoms with E-state index in [4.69, 9.17) is 9.15 Å². The van der Waals surface area contributed by atoms with Crippen molar-refractivity contribution in [2.75, 3.05) is 13.2 Å². The predicted octanol–water partition coefficient (Wildman–Crippen LogP) is 3.97. The fraction of sp³-hybridized carbons (Fsp3) is 0.474. The van der Waals surface area contributed by atoms with Crippen molar-refractivity contribution in [2.45, 2.75) is 38.3 Å². The second-order valence-electron chi connectivity index (χ2n) is 6.18. The molecule has 3 nitrogen and oxygen atoms in total. The Hall–Kier alpha value is -1.58. The highest BCUT2D eigenvalue weighted by atomic mass is 16.5. The molecule has 2 aromatic rings. The first kappa shape index (κ1) is 15.3. The lowest BCUT2D eigenvalue weighted by Gasteiger charge is -2.22. The molecule has 22 heavy (non-hydrogen) atoms. The molecule has 2 heterocycles. The SMILES string of the molecule is C[C@H](CCc1ccco1)NC[C@H]1CCO[C@@H]1c1ccccc1. The second-order valence-corrected chi connectivity index (χ2v) is 6.18. The van der Waals surface area contributed by atoms with Crippen LogP contribution in [-0.2, 0) is 11.2 Å². The molecule has 0 radical (unpaired) electrons. The van der Waals surface area contributed by atoms with Crippen LogP contribution in [0.5, 0.6) is 0 Å². The molecule has 0 bridgehead atoms. The smallest absolute Gasteiger partial charge is 0.103 e. The van der Waals surface area contributed by atoms with Crippen LogP contribution in [0.2, 0.25) is 0 Å². The van der Waals surface area contributed by atoms with E-state index in [1.165, 1.54) is 5.56 Å². The van der Waals surface area contributed by atoms with Gasteiger partial charge in [0.1, 0.15) is 5.76 Å². The molecule has 1 fully saturated rings. The molecule has 3 atom stereocenters. The lowest BCUT2D eigenvalue weighted by molar-refractivity contribution is 0.0898. The van der Waals surface area contributed by atoms with Gasteiger partial charge in [-0.1, -0.05) is 30.3 Å². The second kappa shape index (κ2) is 7.61. The van der Waals surface area contributed by atoms with Crippen molar-refractivity contribution in [3.05, 3.63) is 60.1 Å². The van der Waals surface area contributed by atoms with Gasteiger partial charge in [-0.25, -0.2) is 0 Å². The summed E-state index contributed by atoms with van der Waals surface area (Å²) in [5, 5.41) is 3.67. The van der Waals surface area contributed by atoms with Crippen LogP contribution in [0.15, 0.2) is 53.1 Å². The Morgan fingerprint density at radius 2 is 2.05 bits per heavy atom. The number of benzene rings is 1. The highest BCUT2D eigenvalue weighted by molar-refractivity contribution is 5.19. The van der Waals surface area contributed by atoms with Crippen molar-refractivity contribution in [1.82, 2.24) is 5.32 Å². The quantitative estimate of drug-likeness (QED) is 0.840. The monoisotopic (exact) mass is 299 g/mol. The van der Waals surface area contributed by atoms with E-state index in [9.17, 15) is 0 Å². The van der Waals surface area contributed by atoms with Gasteiger partial charge < -0.3 is 14.5 Å². The maximum absolute atomic E-state index is 5.95. The van der Waals surface area contributed by atoms with Crippen LogP contribution in [0.4, 0.5) is 0 Å². The zero-order valence-electron chi connectivity index (χ0n) is 13.2. The minimum Gasteiger partial charge on any atom is -0.469 e. The van der Waals surface area contributed by atoms with Gasteiger partial charge >= 0.3 is 0 Å². The van der Waals surface area contributed by atoms with Crippen LogP contribution in [-0.4, -0.2) is 19.2 Å². The average Bonchev–Trinajstić information content (AvgIpc) is 3.23. The van der Waals surface area contributed by atoms with Crippen molar-refractivity contribution in [1.29, 1.82) is 0 Å². The molecule has 3 heteroatoms. The van der Waals surface area contributed by atoms with E-state index in [0.29, 0.717) is 12.0 Å². The Morgan fingerprint density at radius 1 is 1.18 bits per heavy atom. The molecule has 1 N–H and O–H groups in total. The van der Waals surface area contributed by atoms with Gasteiger partial charge in [0, 0.05) is 31.5 Å². The zero-order chi connectivity index (χ0) is 15.2. The number of rotatable bonds is 7. The Labute approximate surface area is 132 Å². The normalized spacial score (nSPS) is 22.8. The highest BCUT2D eigenvalue weighted by Gasteiger charge is 2.29. The molecule has 1 aliphatic rings. The molecule has 1 aromatic carbocycles. The van der Waals surface area contributed by atoms with Crippen molar-refractivity contribution >= 4 is 0 Å². The largest absolute Gasteiger partial charge is 0.469 e. The Morgan fingerprint density at radius 3 is 2.82 bits per heavy atom. The lowest BCUT2D eigenvalue weighted by Crippen LogP contribution is -2.32. The van der Waals surface area contributed by atoms with Crippen molar-refractivity contribution < 1.29 is 9.15 Å². The van der Waals surface area contributed by atoms with Gasteiger partial charge in [-0.05, 0) is 37.5 Å². The summed E-state index contributed by atoms with van der Waals surface area (Å²) in [5.41, 5.74) is 1.30. The van der Waals surface area contributed by atoms with Crippen LogP contribution >= 0.6 is 0 Å². The molecule has 0 aliphatic carbocycles. The van der Waals surface area contributed by atoms with E-state index in [1.807, 2.05) is 12.1 Å². The van der Waals surface area contributed by atoms with E-state index in [1.54, 1.807) is 6.26 Å². The van der Waals surface area contributed by atoms with Gasteiger partial charge in [-0.3, -0.25) is 0 Å². The molecular formula is C19H25NO2. The molecule has 0 amide bonds. The first-order valence-electron chi connectivity index (χ1n) is 8.25. The van der Waals surface area contributed by atoms with Crippen molar-refractivity contribution in [2.24, 2.45) is 5.92 Å². The topological polar surface area (TPSA) is 34.4 Å². The maximum Gasteiger partial charge on any atom is 0.103 e. The standard InChI is InChI=1S/C19H25NO2/c1-15(9-10-18-8-5-12-21-18)20-14-17-11-13-22-19(17)16-6-3-2-4-7-16/h2-8,12,15,17,19-20H,9-11,13-14H2,1H3/t15-,17-,19-/m1/s1. The van der Waals surface area contributed by atoms with Gasteiger partial charge in [0.15, 0.2) is 0 Å². The summed E-state index contributed by atoms with van der Waals surface area (Å²) < 4.78 is 11.3. The molecule has 0 unspecified atom stereocenters. The van der Waals surface area contributed by atoms with Gasteiger partial charge in [0.25, 0.3) is 0 Å². The van der Waals surface area contributed by atoms with Crippen LogP contribution in [0.1, 0.15) is 37.2 Å². The van der Waals surface area contributed by atoms with E-state index in [-0.39, 0.29) is 6.10 Å². The Bertz CT molecular complexity index is 538. The molecule has 3 rings (SSSR count). The third-order valence-corrected chi connectivity index (χ3v) is 4.47. The molecule has 1 saturated heterocycles. The third kappa shape index (κ3) is 3.99. The zero-order valence-corrected chi connectivity index (χ0v) is 13.2. The number of aryl methyl sites for hydroxylation is 1. The molecule has 0 spiro atoms. The average molecular weight is 299 g/mol. The summed E-state index contributed by atoms with van der Waals surface area (Å²) in [4.78, 5) is 0. The summed E-state index contributed by atoms with van der Waals surface area (Å²) in [6.07, 6.45) is 5.21. The van der Waals surface area contributed by atoms with Gasteiger partial charge in [0.05, 0.1) is 12.4 Å². The Balaban J connectivity index is 1.46. The molecule has 118 valence electrons. The summed E-state index contributed by atoms with van der Waals surface area (Å²) >= 11 is 0. The van der Waals surface area contributed by atoms with E-state index in [2.05, 4.69) is 42.6 Å². The van der Waals surface area contributed by atoms with E-state index < -0.39 is 0 Å². The van der Waals surface area contributed by atoms with Crippen LogP contribution in [0.25, 0.3) is 0 Å². The predicted molar refractivity (Wildman–Crippen MR) is 87.7 cm³/mol. The van der Waals surface area contributed by atoms with Crippen molar-refractivity contribution in [3.8, 4) is 0 Å². The van der Waals surface area contributed by atoms with Crippen LogP contribution < -0.4 is 5.32 Å². The molecule has 0 saturated carbocycles. The fourth-order valence-electron chi connectivity index (χ4n) is 3.12. The fourth-order valence-corrected chi connectivity index (χ4v) is 3.12. The minimum absolute atomic E-state index is 0.242. The molecule has 1 aliphatic heterocycles. The van der Waals surface area contributed by atoms with Crippen LogP contribution in [0.3, 0.4) is 0 Å². The van der Waals surface area contributed by atoms with Crippen LogP contribution in [0, 0.1) is 5.92 Å². The number of hydrogen-bond donors (Lipinski definition) is 1. The number of nitrogens with one attached hydrogen (secondary N) is 1. The number of ether oxygens (including phenoxy) is 1. The maximum atomic E-state index is 5.95. The van der Waals surface area contributed by atoms with Gasteiger partial charge in [-0.15, -0.1) is 0 Å². The first-order chi connectivity index (χ1) is 10.8. The molecule has 1 aromatic heterocycles. The summed E-state index contributed by atoms with van der Waals surface area (Å²) in [5.74, 6) is 1.63. The summed E-state index contributed by atoms with van der Waals surface area (Å²) in [6.45, 7) is 4.13. The van der Waals surface area contributed by atoms with E-state index >= 15 is 0 Å². The van der Waals surface area contributed by atoms with Gasteiger partial charge in [-0.2, -0.15) is 0 Å².